The average molecular weight is 351 g/mol. The van der Waals surface area contributed by atoms with E-state index in [1.165, 1.54) is 36.0 Å². The monoisotopic (exact) mass is 351 g/mol. The molecule has 1 heterocycles. The van der Waals surface area contributed by atoms with E-state index in [1.807, 2.05) is 4.90 Å². The minimum atomic E-state index is -0.344. The summed E-state index contributed by atoms with van der Waals surface area (Å²) in [4.78, 5) is 26.0. The van der Waals surface area contributed by atoms with Gasteiger partial charge >= 0.3 is 0 Å². The fourth-order valence-electron chi connectivity index (χ4n) is 3.56. The van der Waals surface area contributed by atoms with Crippen LogP contribution in [0.2, 0.25) is 0 Å². The van der Waals surface area contributed by atoms with Gasteiger partial charge < -0.3 is 16.0 Å². The van der Waals surface area contributed by atoms with E-state index in [4.69, 9.17) is 5.73 Å². The third-order valence-corrected chi connectivity index (χ3v) is 5.77. The van der Waals surface area contributed by atoms with Crippen LogP contribution in [0.25, 0.3) is 0 Å². The quantitative estimate of drug-likeness (QED) is 0.847. The molecule has 0 radical (unpaired) electrons. The first kappa shape index (κ1) is 17.2. The van der Waals surface area contributed by atoms with Crippen molar-refractivity contribution in [1.82, 2.24) is 4.90 Å². The lowest BCUT2D eigenvalue weighted by molar-refractivity contribution is -0.127. The van der Waals surface area contributed by atoms with Crippen molar-refractivity contribution in [2.24, 2.45) is 17.6 Å². The number of carbonyl (C=O) groups is 2. The molecule has 0 bridgehead atoms. The Labute approximate surface area is 145 Å². The molecule has 5 nitrogen and oxygen atoms in total. The number of carbonyl (C=O) groups excluding carboxylic acids is 2. The van der Waals surface area contributed by atoms with Gasteiger partial charge in [-0.25, -0.2) is 4.39 Å². The Hall–Kier alpha value is -1.60. The van der Waals surface area contributed by atoms with E-state index < -0.39 is 0 Å². The minimum Gasteiger partial charge on any atom is -0.341 e. The van der Waals surface area contributed by atoms with Crippen molar-refractivity contribution in [3.63, 3.8) is 0 Å². The van der Waals surface area contributed by atoms with Gasteiger partial charge in [-0.15, -0.1) is 11.8 Å². The number of hydrogen-bond acceptors (Lipinski definition) is 4. The summed E-state index contributed by atoms with van der Waals surface area (Å²) < 4.78 is 12.8. The molecule has 3 N–H and O–H groups in total. The van der Waals surface area contributed by atoms with Crippen LogP contribution in [0.3, 0.4) is 0 Å². The zero-order chi connectivity index (χ0) is 17.1. The summed E-state index contributed by atoms with van der Waals surface area (Å²) in [6, 6.07) is 5.83. The van der Waals surface area contributed by atoms with Crippen molar-refractivity contribution >= 4 is 29.3 Å². The maximum atomic E-state index is 12.8. The van der Waals surface area contributed by atoms with Crippen molar-refractivity contribution < 1.29 is 14.0 Å². The Balaban J connectivity index is 1.38. The number of nitrogens with two attached hydrogens (primary N) is 1. The second-order valence-corrected chi connectivity index (χ2v) is 7.50. The second-order valence-electron chi connectivity index (χ2n) is 6.51. The van der Waals surface area contributed by atoms with Gasteiger partial charge in [0.05, 0.1) is 11.5 Å². The summed E-state index contributed by atoms with van der Waals surface area (Å²) in [6.07, 6.45) is 2.18. The number of benzene rings is 1. The first-order valence-electron chi connectivity index (χ1n) is 8.19. The highest BCUT2D eigenvalue weighted by Crippen LogP contribution is 2.37. The smallest absolute Gasteiger partial charge is 0.234 e. The molecule has 1 aliphatic carbocycles. The average Bonchev–Trinajstić information content (AvgIpc) is 3.12. The van der Waals surface area contributed by atoms with Crippen molar-refractivity contribution in [2.45, 2.75) is 18.9 Å². The number of anilines is 1. The summed E-state index contributed by atoms with van der Waals surface area (Å²) in [5, 5.41) is 2.68. The van der Waals surface area contributed by atoms with E-state index in [9.17, 15) is 14.0 Å². The number of hydrogen-bond donors (Lipinski definition) is 2. The Kier molecular flexibility index (Phi) is 5.40. The number of nitrogens with one attached hydrogen (secondary N) is 1. The number of nitrogens with zero attached hydrogens (tertiary/aromatic N) is 1. The van der Waals surface area contributed by atoms with Gasteiger partial charge in [-0.3, -0.25) is 9.59 Å². The van der Waals surface area contributed by atoms with E-state index in [0.717, 1.165) is 25.9 Å². The number of fused-ring (bicyclic) bond motifs is 1. The molecule has 1 aromatic carbocycles. The first-order chi connectivity index (χ1) is 11.5. The van der Waals surface area contributed by atoms with Crippen molar-refractivity contribution in [2.75, 3.05) is 29.9 Å². The highest BCUT2D eigenvalue weighted by Gasteiger charge is 2.42. The van der Waals surface area contributed by atoms with E-state index in [2.05, 4.69) is 5.32 Å². The molecule has 3 unspecified atom stereocenters. The third kappa shape index (κ3) is 4.08. The van der Waals surface area contributed by atoms with Crippen molar-refractivity contribution in [1.29, 1.82) is 0 Å². The zero-order valence-corrected chi connectivity index (χ0v) is 14.2. The second kappa shape index (κ2) is 7.53. The Morgan fingerprint density at radius 3 is 2.67 bits per heavy atom. The van der Waals surface area contributed by atoms with Crippen LogP contribution in [-0.4, -0.2) is 47.4 Å². The van der Waals surface area contributed by atoms with Crippen LogP contribution in [-0.2, 0) is 9.59 Å². The van der Waals surface area contributed by atoms with Crippen LogP contribution < -0.4 is 11.1 Å². The molecule has 1 aliphatic heterocycles. The summed E-state index contributed by atoms with van der Waals surface area (Å²) in [5.41, 5.74) is 6.64. The van der Waals surface area contributed by atoms with E-state index >= 15 is 0 Å². The summed E-state index contributed by atoms with van der Waals surface area (Å²) >= 11 is 1.30. The highest BCUT2D eigenvalue weighted by atomic mass is 32.2. The lowest BCUT2D eigenvalue weighted by atomic mass is 9.98. The predicted octanol–water partition coefficient (Wildman–Crippen LogP) is 1.69. The third-order valence-electron chi connectivity index (χ3n) is 4.85. The Bertz CT molecular complexity index is 610. The fraction of sp³-hybridized carbons (Fsp3) is 0.529. The maximum absolute atomic E-state index is 12.8. The van der Waals surface area contributed by atoms with Crippen LogP contribution in [0.5, 0.6) is 0 Å². The first-order valence-corrected chi connectivity index (χ1v) is 9.35. The summed E-state index contributed by atoms with van der Waals surface area (Å²) in [5.74, 6) is 1.03. The van der Waals surface area contributed by atoms with Gasteiger partial charge in [0.15, 0.2) is 0 Å². The molecule has 1 aromatic rings. The van der Waals surface area contributed by atoms with Gasteiger partial charge in [-0.05, 0) is 48.9 Å². The summed E-state index contributed by atoms with van der Waals surface area (Å²) in [6.45, 7) is 1.56. The topological polar surface area (TPSA) is 75.4 Å². The number of rotatable bonds is 5. The highest BCUT2D eigenvalue weighted by molar-refractivity contribution is 8.00. The molecule has 0 aromatic heterocycles. The normalized spacial score (nSPS) is 25.6. The van der Waals surface area contributed by atoms with Gasteiger partial charge in [0, 0.05) is 24.8 Å². The van der Waals surface area contributed by atoms with Crippen LogP contribution in [0.4, 0.5) is 10.1 Å². The molecule has 2 aliphatic rings. The van der Waals surface area contributed by atoms with E-state index in [-0.39, 0.29) is 29.4 Å². The Morgan fingerprint density at radius 1 is 1.21 bits per heavy atom. The summed E-state index contributed by atoms with van der Waals surface area (Å²) in [7, 11) is 0. The molecular weight excluding hydrogens is 329 g/mol. The van der Waals surface area contributed by atoms with Crippen LogP contribution in [0, 0.1) is 17.7 Å². The molecule has 7 heteroatoms. The van der Waals surface area contributed by atoms with Gasteiger partial charge in [0.25, 0.3) is 0 Å². The standard InChI is InChI=1S/C17H22FN3O2S/c18-12-2-4-13(5-3-12)20-16(22)9-24-10-17(23)21-7-11-1-6-15(19)14(11)8-21/h2-5,11,14-15H,1,6-10,19H2,(H,20,22). The fourth-order valence-corrected chi connectivity index (χ4v) is 4.28. The number of amides is 2. The molecule has 2 fully saturated rings. The van der Waals surface area contributed by atoms with Gasteiger partial charge in [-0.2, -0.15) is 0 Å². The van der Waals surface area contributed by atoms with Crippen LogP contribution in [0.1, 0.15) is 12.8 Å². The molecule has 24 heavy (non-hydrogen) atoms. The minimum absolute atomic E-state index is 0.0798. The lowest BCUT2D eigenvalue weighted by Gasteiger charge is -2.18. The largest absolute Gasteiger partial charge is 0.341 e. The van der Waals surface area contributed by atoms with Gasteiger partial charge in [0.2, 0.25) is 11.8 Å². The van der Waals surface area contributed by atoms with Crippen LogP contribution in [0.15, 0.2) is 24.3 Å². The number of likely N-dealkylation sites (tertiary alicyclic amines) is 1. The molecule has 1 saturated heterocycles. The number of thioether (sulfide) groups is 1. The molecule has 3 rings (SSSR count). The van der Waals surface area contributed by atoms with Crippen molar-refractivity contribution in [3.05, 3.63) is 30.1 Å². The Morgan fingerprint density at radius 2 is 1.96 bits per heavy atom. The van der Waals surface area contributed by atoms with E-state index in [0.29, 0.717) is 23.3 Å². The lowest BCUT2D eigenvalue weighted by Crippen LogP contribution is -2.34. The molecule has 1 saturated carbocycles. The molecule has 0 spiro atoms. The van der Waals surface area contributed by atoms with Gasteiger partial charge in [-0.1, -0.05) is 0 Å². The molecule has 130 valence electrons. The van der Waals surface area contributed by atoms with Crippen LogP contribution >= 0.6 is 11.8 Å². The molecule has 3 atom stereocenters. The molecule has 2 amide bonds. The zero-order valence-electron chi connectivity index (χ0n) is 13.4. The van der Waals surface area contributed by atoms with E-state index in [1.54, 1.807) is 0 Å². The maximum Gasteiger partial charge on any atom is 0.234 e. The SMILES string of the molecule is NC1CCC2CN(C(=O)CSCC(=O)Nc3ccc(F)cc3)CC12. The number of halogens is 1. The van der Waals surface area contributed by atoms with Crippen molar-refractivity contribution in [3.8, 4) is 0 Å². The molecular formula is C17H22FN3O2S. The van der Waals surface area contributed by atoms with Gasteiger partial charge in [0.1, 0.15) is 5.82 Å². The predicted molar refractivity (Wildman–Crippen MR) is 93.1 cm³/mol.